The van der Waals surface area contributed by atoms with Crippen LogP contribution in [-0.4, -0.2) is 16.1 Å². The van der Waals surface area contributed by atoms with Gasteiger partial charge in [-0.2, -0.15) is 0 Å². The van der Waals surface area contributed by atoms with Crippen molar-refractivity contribution in [2.45, 2.75) is 19.5 Å². The Kier molecular flexibility index (Phi) is 4.42. The molecule has 4 nitrogen and oxygen atoms in total. The first-order valence-electron chi connectivity index (χ1n) is 6.23. The molecule has 0 fully saturated rings. The van der Waals surface area contributed by atoms with E-state index in [1.54, 1.807) is 12.4 Å². The third kappa shape index (κ3) is 3.39. The van der Waals surface area contributed by atoms with E-state index in [1.165, 1.54) is 18.2 Å². The zero-order chi connectivity index (χ0) is 14.5. The molecule has 0 bridgehead atoms. The third-order valence-electron chi connectivity index (χ3n) is 3.10. The minimum Gasteiger partial charge on any atom is -0.478 e. The van der Waals surface area contributed by atoms with Crippen LogP contribution < -0.4 is 5.32 Å². The van der Waals surface area contributed by atoms with Gasteiger partial charge >= 0.3 is 5.97 Å². The number of carboxylic acid groups (broad SMARTS) is 1. The Labute approximate surface area is 116 Å². The number of hydrogen-bond donors (Lipinski definition) is 2. The second-order valence-corrected chi connectivity index (χ2v) is 4.49. The van der Waals surface area contributed by atoms with Crippen molar-refractivity contribution < 1.29 is 14.3 Å². The van der Waals surface area contributed by atoms with Crippen molar-refractivity contribution in [3.63, 3.8) is 0 Å². The number of pyridine rings is 1. The van der Waals surface area contributed by atoms with E-state index in [2.05, 4.69) is 10.3 Å². The minimum absolute atomic E-state index is 0.0193. The molecule has 0 unspecified atom stereocenters. The molecule has 2 aromatic rings. The van der Waals surface area contributed by atoms with Crippen LogP contribution in [0.4, 0.5) is 4.39 Å². The van der Waals surface area contributed by atoms with Gasteiger partial charge in [-0.25, -0.2) is 9.18 Å². The van der Waals surface area contributed by atoms with E-state index < -0.39 is 11.8 Å². The van der Waals surface area contributed by atoms with E-state index in [9.17, 15) is 9.18 Å². The van der Waals surface area contributed by atoms with Gasteiger partial charge in [0, 0.05) is 30.5 Å². The average molecular weight is 274 g/mol. The summed E-state index contributed by atoms with van der Waals surface area (Å²) in [5.41, 5.74) is 1.46. The maximum atomic E-state index is 13.6. The zero-order valence-corrected chi connectivity index (χ0v) is 11.0. The first kappa shape index (κ1) is 14.1. The van der Waals surface area contributed by atoms with Crippen LogP contribution in [0, 0.1) is 5.82 Å². The summed E-state index contributed by atoms with van der Waals surface area (Å²) in [5, 5.41) is 12.1. The van der Waals surface area contributed by atoms with E-state index in [0.29, 0.717) is 5.56 Å². The molecule has 2 rings (SSSR count). The van der Waals surface area contributed by atoms with E-state index >= 15 is 0 Å². The molecular formula is C15H15FN2O2. The van der Waals surface area contributed by atoms with E-state index in [0.717, 1.165) is 5.56 Å². The van der Waals surface area contributed by atoms with Gasteiger partial charge in [0.05, 0.1) is 5.56 Å². The summed E-state index contributed by atoms with van der Waals surface area (Å²) in [6.45, 7) is 2.21. The Bertz CT molecular complexity index is 602. The number of hydrogen-bond acceptors (Lipinski definition) is 3. The maximum absolute atomic E-state index is 13.6. The van der Waals surface area contributed by atoms with Crippen molar-refractivity contribution >= 4 is 5.97 Å². The lowest BCUT2D eigenvalue weighted by Crippen LogP contribution is -2.19. The lowest BCUT2D eigenvalue weighted by atomic mass is 10.1. The molecule has 5 heteroatoms. The Hall–Kier alpha value is -2.27. The molecule has 1 atom stereocenters. The number of nitrogens with one attached hydrogen (secondary N) is 1. The van der Waals surface area contributed by atoms with Crippen molar-refractivity contribution in [2.24, 2.45) is 0 Å². The lowest BCUT2D eigenvalue weighted by Gasteiger charge is -2.14. The van der Waals surface area contributed by atoms with Crippen LogP contribution >= 0.6 is 0 Å². The predicted octanol–water partition coefficient (Wildman–Crippen LogP) is 2.77. The molecule has 1 heterocycles. The SMILES string of the molecule is C[C@H](NCc1cc(C(=O)O)ccc1F)c1ccncc1. The molecule has 104 valence electrons. The summed E-state index contributed by atoms with van der Waals surface area (Å²) in [7, 11) is 0. The second kappa shape index (κ2) is 6.25. The average Bonchev–Trinajstić information content (AvgIpc) is 2.46. The highest BCUT2D eigenvalue weighted by Gasteiger charge is 2.10. The molecule has 0 radical (unpaired) electrons. The summed E-state index contributed by atoms with van der Waals surface area (Å²) in [4.78, 5) is 14.8. The summed E-state index contributed by atoms with van der Waals surface area (Å²) < 4.78 is 13.6. The number of carbonyl (C=O) groups is 1. The summed E-state index contributed by atoms with van der Waals surface area (Å²) >= 11 is 0. The summed E-state index contributed by atoms with van der Waals surface area (Å²) in [5.74, 6) is -1.47. The molecule has 0 aliphatic carbocycles. The van der Waals surface area contributed by atoms with Gasteiger partial charge in [0.15, 0.2) is 0 Å². The lowest BCUT2D eigenvalue weighted by molar-refractivity contribution is 0.0696. The van der Waals surface area contributed by atoms with Gasteiger partial charge < -0.3 is 10.4 Å². The van der Waals surface area contributed by atoms with Gasteiger partial charge in [0.1, 0.15) is 5.82 Å². The van der Waals surface area contributed by atoms with Gasteiger partial charge in [-0.15, -0.1) is 0 Å². The first-order valence-corrected chi connectivity index (χ1v) is 6.23. The van der Waals surface area contributed by atoms with E-state index in [4.69, 9.17) is 5.11 Å². The highest BCUT2D eigenvalue weighted by molar-refractivity contribution is 5.87. The Morgan fingerprint density at radius 1 is 1.35 bits per heavy atom. The second-order valence-electron chi connectivity index (χ2n) is 4.49. The van der Waals surface area contributed by atoms with E-state index in [1.807, 2.05) is 19.1 Å². The highest BCUT2D eigenvalue weighted by atomic mass is 19.1. The minimum atomic E-state index is -1.06. The van der Waals surface area contributed by atoms with Gasteiger partial charge in [0.2, 0.25) is 0 Å². The van der Waals surface area contributed by atoms with Crippen molar-refractivity contribution in [3.05, 3.63) is 65.2 Å². The monoisotopic (exact) mass is 274 g/mol. The number of rotatable bonds is 5. The molecule has 0 amide bonds. The fourth-order valence-electron chi connectivity index (χ4n) is 1.88. The van der Waals surface area contributed by atoms with E-state index in [-0.39, 0.29) is 18.2 Å². The molecule has 0 aliphatic heterocycles. The molecule has 1 aromatic heterocycles. The molecule has 2 N–H and O–H groups in total. The number of carboxylic acids is 1. The molecule has 0 aliphatic rings. The number of nitrogens with zero attached hydrogens (tertiary/aromatic N) is 1. The van der Waals surface area contributed by atoms with Crippen molar-refractivity contribution in [1.29, 1.82) is 0 Å². The van der Waals surface area contributed by atoms with Crippen molar-refractivity contribution in [3.8, 4) is 0 Å². The predicted molar refractivity (Wildman–Crippen MR) is 72.9 cm³/mol. The first-order chi connectivity index (χ1) is 9.58. The smallest absolute Gasteiger partial charge is 0.335 e. The normalized spacial score (nSPS) is 12.1. The third-order valence-corrected chi connectivity index (χ3v) is 3.10. The van der Waals surface area contributed by atoms with Crippen molar-refractivity contribution in [1.82, 2.24) is 10.3 Å². The quantitative estimate of drug-likeness (QED) is 0.880. The number of aromatic carboxylic acids is 1. The van der Waals surface area contributed by atoms with Crippen LogP contribution in [0.2, 0.25) is 0 Å². The van der Waals surface area contributed by atoms with Crippen LogP contribution in [-0.2, 0) is 6.54 Å². The Morgan fingerprint density at radius 3 is 2.70 bits per heavy atom. The van der Waals surface area contributed by atoms with Crippen LogP contribution in [0.25, 0.3) is 0 Å². The van der Waals surface area contributed by atoms with Crippen LogP contribution in [0.5, 0.6) is 0 Å². The number of halogens is 1. The summed E-state index contributed by atoms with van der Waals surface area (Å²) in [6, 6.07) is 7.56. The Morgan fingerprint density at radius 2 is 2.05 bits per heavy atom. The number of aromatic nitrogens is 1. The zero-order valence-electron chi connectivity index (χ0n) is 11.0. The van der Waals surface area contributed by atoms with Crippen LogP contribution in [0.15, 0.2) is 42.7 Å². The fraction of sp³-hybridized carbons (Fsp3) is 0.200. The largest absolute Gasteiger partial charge is 0.478 e. The van der Waals surface area contributed by atoms with Gasteiger partial charge in [-0.05, 0) is 42.8 Å². The van der Waals surface area contributed by atoms with Gasteiger partial charge in [-0.3, -0.25) is 4.98 Å². The standard InChI is InChI=1S/C15H15FN2O2/c1-10(11-4-6-17-7-5-11)18-9-13-8-12(15(19)20)2-3-14(13)16/h2-8,10,18H,9H2,1H3,(H,19,20)/t10-/m0/s1. The fourth-order valence-corrected chi connectivity index (χ4v) is 1.88. The summed E-state index contributed by atoms with van der Waals surface area (Å²) in [6.07, 6.45) is 3.39. The highest BCUT2D eigenvalue weighted by Crippen LogP contribution is 2.14. The van der Waals surface area contributed by atoms with Crippen LogP contribution in [0.1, 0.15) is 34.5 Å². The molecule has 0 spiro atoms. The molecule has 0 saturated carbocycles. The Balaban J connectivity index is 2.07. The van der Waals surface area contributed by atoms with Crippen molar-refractivity contribution in [2.75, 3.05) is 0 Å². The van der Waals surface area contributed by atoms with Gasteiger partial charge in [-0.1, -0.05) is 0 Å². The molecular weight excluding hydrogens is 259 g/mol. The van der Waals surface area contributed by atoms with Gasteiger partial charge in [0.25, 0.3) is 0 Å². The molecule has 20 heavy (non-hydrogen) atoms. The molecule has 1 aromatic carbocycles. The van der Waals surface area contributed by atoms with Crippen LogP contribution in [0.3, 0.4) is 0 Å². The number of benzene rings is 1. The maximum Gasteiger partial charge on any atom is 0.335 e. The topological polar surface area (TPSA) is 62.2 Å². The molecule has 0 saturated heterocycles.